The zero-order chi connectivity index (χ0) is 27.7. The van der Waals surface area contributed by atoms with Crippen molar-refractivity contribution < 1.29 is 4.79 Å². The summed E-state index contributed by atoms with van der Waals surface area (Å²) < 4.78 is 0. The Morgan fingerprint density at radius 3 is 2.21 bits per heavy atom. The molecule has 1 aliphatic rings. The minimum atomic E-state index is 0.0389. The summed E-state index contributed by atoms with van der Waals surface area (Å²) in [5.41, 5.74) is 9.97. The van der Waals surface area contributed by atoms with Crippen LogP contribution >= 0.6 is 0 Å². The lowest BCUT2D eigenvalue weighted by Crippen LogP contribution is -2.45. The van der Waals surface area contributed by atoms with E-state index in [4.69, 9.17) is 4.98 Å². The topological polar surface area (TPSA) is 58.7 Å². The first-order valence-corrected chi connectivity index (χ1v) is 13.7. The van der Waals surface area contributed by atoms with Crippen LogP contribution in [-0.2, 0) is 0 Å². The summed E-state index contributed by atoms with van der Waals surface area (Å²) >= 11 is 0. The second-order valence-electron chi connectivity index (χ2n) is 11.2. The fourth-order valence-corrected chi connectivity index (χ4v) is 5.52. The predicted octanol–water partition coefficient (Wildman–Crippen LogP) is 4.90. The van der Waals surface area contributed by atoms with Crippen molar-refractivity contribution >= 4 is 22.6 Å². The predicted molar refractivity (Wildman–Crippen MR) is 162 cm³/mol. The molecule has 0 aliphatic carbocycles. The maximum atomic E-state index is 12.8. The Labute approximate surface area is 232 Å². The third kappa shape index (κ3) is 5.70. The van der Waals surface area contributed by atoms with Crippen molar-refractivity contribution in [1.29, 1.82) is 0 Å². The van der Waals surface area contributed by atoms with Crippen molar-refractivity contribution in [2.75, 3.05) is 72.4 Å². The molecule has 0 bridgehead atoms. The van der Waals surface area contributed by atoms with Gasteiger partial charge in [-0.05, 0) is 87.6 Å². The molecule has 2 aromatic carbocycles. The van der Waals surface area contributed by atoms with Crippen LogP contribution in [0.2, 0.25) is 0 Å². The van der Waals surface area contributed by atoms with Gasteiger partial charge in [-0.2, -0.15) is 0 Å². The smallest absolute Gasteiger partial charge is 0.253 e. The molecule has 204 valence electrons. The number of carbonyl (C=O) groups excluding carboxylic acids is 1. The Balaban J connectivity index is 1.41. The number of carbonyl (C=O) groups is 1. The molecule has 1 amide bonds. The van der Waals surface area contributed by atoms with E-state index in [0.717, 1.165) is 60.4 Å². The van der Waals surface area contributed by atoms with Gasteiger partial charge in [0.1, 0.15) is 5.65 Å². The standard InChI is InChI=1S/C32H40N6O/c1-22-17-26(18-23(2)30(22)38-15-12-36(5)13-16-38)27-19-28-29(21-34-31(28)33-20-27)24-7-9-25(10-8-24)32(39)37(6)14-11-35(3)4/h7-10,17-21H,11-16H2,1-6H3,(H,33,34). The van der Waals surface area contributed by atoms with Gasteiger partial charge in [-0.25, -0.2) is 4.98 Å². The number of pyridine rings is 1. The second kappa shape index (κ2) is 11.2. The van der Waals surface area contributed by atoms with Crippen molar-refractivity contribution in [3.8, 4) is 22.3 Å². The van der Waals surface area contributed by atoms with Gasteiger partial charge in [-0.15, -0.1) is 0 Å². The maximum Gasteiger partial charge on any atom is 0.253 e. The largest absolute Gasteiger partial charge is 0.369 e. The van der Waals surface area contributed by atoms with Crippen LogP contribution in [0.25, 0.3) is 33.3 Å². The first-order valence-electron chi connectivity index (χ1n) is 13.7. The van der Waals surface area contributed by atoms with Gasteiger partial charge >= 0.3 is 0 Å². The van der Waals surface area contributed by atoms with E-state index in [2.05, 4.69) is 58.8 Å². The van der Waals surface area contributed by atoms with E-state index in [1.165, 1.54) is 22.4 Å². The fourth-order valence-electron chi connectivity index (χ4n) is 5.52. The van der Waals surface area contributed by atoms with Gasteiger partial charge in [0.2, 0.25) is 0 Å². The van der Waals surface area contributed by atoms with Gasteiger partial charge in [0.25, 0.3) is 5.91 Å². The number of amides is 1. The van der Waals surface area contributed by atoms with Crippen molar-refractivity contribution in [3.05, 3.63) is 71.5 Å². The lowest BCUT2D eigenvalue weighted by atomic mass is 9.97. The van der Waals surface area contributed by atoms with Gasteiger partial charge in [-0.3, -0.25) is 4.79 Å². The van der Waals surface area contributed by atoms with Gasteiger partial charge in [0, 0.05) is 86.5 Å². The second-order valence-corrected chi connectivity index (χ2v) is 11.2. The number of H-pyrrole nitrogens is 1. The van der Waals surface area contributed by atoms with Crippen LogP contribution in [0.5, 0.6) is 0 Å². The summed E-state index contributed by atoms with van der Waals surface area (Å²) in [7, 11) is 8.08. The number of benzene rings is 2. The molecule has 5 rings (SSSR count). The van der Waals surface area contributed by atoms with E-state index < -0.39 is 0 Å². The number of piperazine rings is 1. The van der Waals surface area contributed by atoms with Gasteiger partial charge in [0.05, 0.1) is 0 Å². The summed E-state index contributed by atoms with van der Waals surface area (Å²) in [5.74, 6) is 0.0389. The number of fused-ring (bicyclic) bond motifs is 1. The third-order valence-corrected chi connectivity index (χ3v) is 7.85. The van der Waals surface area contributed by atoms with Crippen LogP contribution in [0.1, 0.15) is 21.5 Å². The molecule has 7 heteroatoms. The molecular formula is C32H40N6O. The first-order chi connectivity index (χ1) is 18.7. The van der Waals surface area contributed by atoms with Crippen molar-refractivity contribution in [2.45, 2.75) is 13.8 Å². The Bertz CT molecular complexity index is 1440. The van der Waals surface area contributed by atoms with E-state index in [1.54, 1.807) is 4.90 Å². The van der Waals surface area contributed by atoms with Crippen molar-refractivity contribution in [1.82, 2.24) is 24.7 Å². The number of nitrogens with one attached hydrogen (secondary N) is 1. The quantitative estimate of drug-likeness (QED) is 0.373. The highest BCUT2D eigenvalue weighted by atomic mass is 16.2. The average Bonchev–Trinajstić information content (AvgIpc) is 3.35. The maximum absolute atomic E-state index is 12.8. The van der Waals surface area contributed by atoms with Gasteiger partial charge in [0.15, 0.2) is 0 Å². The highest BCUT2D eigenvalue weighted by Gasteiger charge is 2.19. The molecular weight excluding hydrogens is 484 g/mol. The molecule has 1 aliphatic heterocycles. The molecule has 1 saturated heterocycles. The zero-order valence-corrected chi connectivity index (χ0v) is 24.1. The first kappa shape index (κ1) is 26.9. The molecule has 39 heavy (non-hydrogen) atoms. The van der Waals surface area contributed by atoms with Gasteiger partial charge < -0.3 is 24.6 Å². The van der Waals surface area contributed by atoms with Crippen LogP contribution in [-0.4, -0.2) is 98.0 Å². The third-order valence-electron chi connectivity index (χ3n) is 7.85. The number of likely N-dealkylation sites (N-methyl/N-ethyl adjacent to an activating group) is 3. The highest BCUT2D eigenvalue weighted by Crippen LogP contribution is 2.35. The summed E-state index contributed by atoms with van der Waals surface area (Å²) in [6, 6.07) is 14.7. The van der Waals surface area contributed by atoms with E-state index in [-0.39, 0.29) is 5.91 Å². The number of aromatic nitrogens is 2. The Morgan fingerprint density at radius 2 is 1.56 bits per heavy atom. The van der Waals surface area contributed by atoms with Crippen molar-refractivity contribution in [2.24, 2.45) is 0 Å². The molecule has 0 atom stereocenters. The van der Waals surface area contributed by atoms with E-state index in [9.17, 15) is 4.79 Å². The average molecular weight is 525 g/mol. The fraction of sp³-hybridized carbons (Fsp3) is 0.375. The molecule has 0 spiro atoms. The number of hydrogen-bond donors (Lipinski definition) is 1. The van der Waals surface area contributed by atoms with Crippen LogP contribution in [0.4, 0.5) is 5.69 Å². The van der Waals surface area contributed by atoms with Crippen LogP contribution < -0.4 is 4.90 Å². The number of aromatic amines is 1. The molecule has 1 fully saturated rings. The lowest BCUT2D eigenvalue weighted by Gasteiger charge is -2.36. The summed E-state index contributed by atoms with van der Waals surface area (Å²) in [6.07, 6.45) is 3.96. The SMILES string of the molecule is Cc1cc(-c2cnc3[nH]cc(-c4ccc(C(=O)N(C)CCN(C)C)cc4)c3c2)cc(C)c1N1CCN(C)CC1. The molecule has 2 aromatic heterocycles. The van der Waals surface area contributed by atoms with Crippen LogP contribution in [0.3, 0.4) is 0 Å². The lowest BCUT2D eigenvalue weighted by molar-refractivity contribution is 0.0786. The molecule has 3 heterocycles. The number of rotatable bonds is 7. The van der Waals surface area contributed by atoms with E-state index in [0.29, 0.717) is 12.1 Å². The Morgan fingerprint density at radius 1 is 0.897 bits per heavy atom. The number of hydrogen-bond acceptors (Lipinski definition) is 5. The van der Waals surface area contributed by atoms with Gasteiger partial charge in [-0.1, -0.05) is 12.1 Å². The molecule has 0 unspecified atom stereocenters. The number of nitrogens with zero attached hydrogens (tertiary/aromatic N) is 5. The monoisotopic (exact) mass is 524 g/mol. The van der Waals surface area contributed by atoms with Crippen LogP contribution in [0.15, 0.2) is 54.9 Å². The molecule has 0 saturated carbocycles. The van der Waals surface area contributed by atoms with Crippen molar-refractivity contribution in [3.63, 3.8) is 0 Å². The molecule has 1 N–H and O–H groups in total. The summed E-state index contributed by atoms with van der Waals surface area (Å²) in [5, 5.41) is 1.08. The summed E-state index contributed by atoms with van der Waals surface area (Å²) in [6.45, 7) is 10.3. The highest BCUT2D eigenvalue weighted by molar-refractivity contribution is 5.98. The molecule has 7 nitrogen and oxygen atoms in total. The van der Waals surface area contributed by atoms with E-state index >= 15 is 0 Å². The normalized spacial score (nSPS) is 14.4. The Kier molecular flexibility index (Phi) is 7.73. The molecule has 0 radical (unpaired) electrons. The summed E-state index contributed by atoms with van der Waals surface area (Å²) in [4.78, 5) is 29.7. The Hall–Kier alpha value is -3.68. The van der Waals surface area contributed by atoms with E-state index in [1.807, 2.05) is 57.8 Å². The minimum absolute atomic E-state index is 0.0389. The number of aryl methyl sites for hydroxylation is 2. The van der Waals surface area contributed by atoms with Crippen LogP contribution in [0, 0.1) is 13.8 Å². The zero-order valence-electron chi connectivity index (χ0n) is 24.1. The molecule has 4 aromatic rings. The minimum Gasteiger partial charge on any atom is -0.369 e. The number of anilines is 1.